The molecule has 0 bridgehead atoms. The van der Waals surface area contributed by atoms with E-state index in [0.29, 0.717) is 21.5 Å². The number of hydrogen-bond donors (Lipinski definition) is 1. The van der Waals surface area contributed by atoms with Crippen molar-refractivity contribution >= 4 is 28.1 Å². The second-order valence-corrected chi connectivity index (χ2v) is 5.35. The standard InChI is InChI=1S/C15H10BrFN2O3/c16-11-3-1-10(12(17)6-11)7-18-19-15(20)9-2-4-13-14(5-9)22-8-21-13/h1-7H,8H2,(H,19,20)/b18-7-. The Balaban J connectivity index is 1.68. The van der Waals surface area contributed by atoms with Gasteiger partial charge in [0.15, 0.2) is 11.5 Å². The smallest absolute Gasteiger partial charge is 0.271 e. The number of hydrogen-bond acceptors (Lipinski definition) is 4. The zero-order chi connectivity index (χ0) is 15.5. The number of benzene rings is 2. The predicted octanol–water partition coefficient (Wildman–Crippen LogP) is 3.08. The van der Waals surface area contributed by atoms with Crippen LogP contribution in [0.2, 0.25) is 0 Å². The molecular formula is C15H10BrFN2O3. The van der Waals surface area contributed by atoms with E-state index in [-0.39, 0.29) is 12.4 Å². The van der Waals surface area contributed by atoms with E-state index in [1.54, 1.807) is 30.3 Å². The lowest BCUT2D eigenvalue weighted by Gasteiger charge is -2.02. The normalized spacial score (nSPS) is 12.6. The van der Waals surface area contributed by atoms with Gasteiger partial charge in [-0.15, -0.1) is 0 Å². The molecule has 5 nitrogen and oxygen atoms in total. The summed E-state index contributed by atoms with van der Waals surface area (Å²) < 4.78 is 24.6. The first kappa shape index (κ1) is 14.5. The molecule has 0 radical (unpaired) electrons. The highest BCUT2D eigenvalue weighted by Crippen LogP contribution is 2.32. The van der Waals surface area contributed by atoms with E-state index >= 15 is 0 Å². The first-order valence-corrected chi connectivity index (χ1v) is 7.11. The van der Waals surface area contributed by atoms with Gasteiger partial charge in [-0.1, -0.05) is 15.9 Å². The van der Waals surface area contributed by atoms with Gasteiger partial charge in [-0.25, -0.2) is 9.82 Å². The Hall–Kier alpha value is -2.41. The molecule has 0 saturated heterocycles. The van der Waals surface area contributed by atoms with Crippen LogP contribution in [0.25, 0.3) is 0 Å². The topological polar surface area (TPSA) is 59.9 Å². The molecule has 0 fully saturated rings. The highest BCUT2D eigenvalue weighted by atomic mass is 79.9. The summed E-state index contributed by atoms with van der Waals surface area (Å²) in [5.41, 5.74) is 2.98. The van der Waals surface area contributed by atoms with Gasteiger partial charge in [0.2, 0.25) is 6.79 Å². The van der Waals surface area contributed by atoms with Gasteiger partial charge in [0.25, 0.3) is 5.91 Å². The molecule has 2 aromatic carbocycles. The van der Waals surface area contributed by atoms with E-state index in [4.69, 9.17) is 9.47 Å². The number of nitrogens with one attached hydrogen (secondary N) is 1. The Labute approximate surface area is 133 Å². The minimum Gasteiger partial charge on any atom is -0.454 e. The highest BCUT2D eigenvalue weighted by Gasteiger charge is 2.15. The lowest BCUT2D eigenvalue weighted by Crippen LogP contribution is -2.17. The van der Waals surface area contributed by atoms with Crippen molar-refractivity contribution in [3.05, 3.63) is 57.8 Å². The predicted molar refractivity (Wildman–Crippen MR) is 81.7 cm³/mol. The molecule has 1 N–H and O–H groups in total. The molecule has 2 aromatic rings. The molecule has 0 atom stereocenters. The average molecular weight is 365 g/mol. The summed E-state index contributed by atoms with van der Waals surface area (Å²) in [6.07, 6.45) is 1.24. The zero-order valence-corrected chi connectivity index (χ0v) is 12.8. The van der Waals surface area contributed by atoms with Crippen LogP contribution in [0.15, 0.2) is 46.0 Å². The molecule has 0 spiro atoms. The summed E-state index contributed by atoms with van der Waals surface area (Å²) in [5.74, 6) is 0.245. The van der Waals surface area contributed by atoms with Gasteiger partial charge in [0.05, 0.1) is 6.21 Å². The largest absolute Gasteiger partial charge is 0.454 e. The maximum atomic E-state index is 13.6. The van der Waals surface area contributed by atoms with Gasteiger partial charge in [0.1, 0.15) is 5.82 Å². The number of fused-ring (bicyclic) bond motifs is 1. The lowest BCUT2D eigenvalue weighted by molar-refractivity contribution is 0.0954. The van der Waals surface area contributed by atoms with Gasteiger partial charge in [-0.05, 0) is 36.4 Å². The van der Waals surface area contributed by atoms with Gasteiger partial charge < -0.3 is 9.47 Å². The van der Waals surface area contributed by atoms with Crippen molar-refractivity contribution in [3.8, 4) is 11.5 Å². The molecule has 7 heteroatoms. The second-order valence-electron chi connectivity index (χ2n) is 4.43. The molecule has 0 aliphatic carbocycles. The van der Waals surface area contributed by atoms with E-state index in [1.165, 1.54) is 12.3 Å². The van der Waals surface area contributed by atoms with Crippen LogP contribution in [0.3, 0.4) is 0 Å². The highest BCUT2D eigenvalue weighted by molar-refractivity contribution is 9.10. The first-order chi connectivity index (χ1) is 10.6. The van der Waals surface area contributed by atoms with E-state index in [2.05, 4.69) is 26.5 Å². The van der Waals surface area contributed by atoms with Crippen molar-refractivity contribution in [2.24, 2.45) is 5.10 Å². The fourth-order valence-corrected chi connectivity index (χ4v) is 2.20. The first-order valence-electron chi connectivity index (χ1n) is 6.31. The van der Waals surface area contributed by atoms with Crippen molar-refractivity contribution in [3.63, 3.8) is 0 Å². The number of halogens is 2. The quantitative estimate of drug-likeness (QED) is 0.672. The van der Waals surface area contributed by atoms with E-state index in [9.17, 15) is 9.18 Å². The summed E-state index contributed by atoms with van der Waals surface area (Å²) in [4.78, 5) is 12.0. The molecule has 1 aliphatic rings. The summed E-state index contributed by atoms with van der Waals surface area (Å²) in [5, 5.41) is 3.75. The monoisotopic (exact) mass is 364 g/mol. The van der Waals surface area contributed by atoms with Crippen molar-refractivity contribution in [2.45, 2.75) is 0 Å². The van der Waals surface area contributed by atoms with Gasteiger partial charge in [-0.2, -0.15) is 5.10 Å². The number of carbonyl (C=O) groups is 1. The Morgan fingerprint density at radius 1 is 1.23 bits per heavy atom. The van der Waals surface area contributed by atoms with E-state index < -0.39 is 11.7 Å². The number of hydrazone groups is 1. The van der Waals surface area contributed by atoms with Crippen LogP contribution in [0, 0.1) is 5.82 Å². The van der Waals surface area contributed by atoms with Crippen LogP contribution in [0.5, 0.6) is 11.5 Å². The minimum absolute atomic E-state index is 0.140. The van der Waals surface area contributed by atoms with E-state index in [0.717, 1.165) is 0 Å². The lowest BCUT2D eigenvalue weighted by atomic mass is 10.2. The number of ether oxygens (including phenoxy) is 2. The average Bonchev–Trinajstić information content (AvgIpc) is 2.96. The van der Waals surface area contributed by atoms with Crippen molar-refractivity contribution in [1.82, 2.24) is 5.43 Å². The molecule has 1 aliphatic heterocycles. The Morgan fingerprint density at radius 2 is 2.05 bits per heavy atom. The molecule has 1 amide bonds. The van der Waals surface area contributed by atoms with Crippen molar-refractivity contribution < 1.29 is 18.7 Å². The maximum Gasteiger partial charge on any atom is 0.271 e. The van der Waals surface area contributed by atoms with Gasteiger partial charge >= 0.3 is 0 Å². The van der Waals surface area contributed by atoms with Crippen molar-refractivity contribution in [1.29, 1.82) is 0 Å². The number of amides is 1. The summed E-state index contributed by atoms with van der Waals surface area (Å²) in [6, 6.07) is 9.36. The van der Waals surface area contributed by atoms with Crippen molar-refractivity contribution in [2.75, 3.05) is 6.79 Å². The van der Waals surface area contributed by atoms with Crippen LogP contribution in [-0.2, 0) is 0 Å². The molecule has 0 aromatic heterocycles. The molecule has 112 valence electrons. The molecule has 22 heavy (non-hydrogen) atoms. The Bertz CT molecular complexity index is 764. The fraction of sp³-hybridized carbons (Fsp3) is 0.0667. The molecule has 1 heterocycles. The molecular weight excluding hydrogens is 355 g/mol. The van der Waals surface area contributed by atoms with Crippen LogP contribution in [0.4, 0.5) is 4.39 Å². The Kier molecular flexibility index (Phi) is 4.06. The number of carbonyl (C=O) groups excluding carboxylic acids is 1. The third-order valence-corrected chi connectivity index (χ3v) is 3.46. The van der Waals surface area contributed by atoms with Crippen LogP contribution >= 0.6 is 15.9 Å². The van der Waals surface area contributed by atoms with Crippen LogP contribution in [-0.4, -0.2) is 18.9 Å². The Morgan fingerprint density at radius 3 is 2.86 bits per heavy atom. The number of rotatable bonds is 3. The third kappa shape index (κ3) is 3.09. The third-order valence-electron chi connectivity index (χ3n) is 2.97. The number of nitrogens with zero attached hydrogens (tertiary/aromatic N) is 1. The SMILES string of the molecule is O=C(N/N=C\c1ccc(Br)cc1F)c1ccc2c(c1)OCO2. The van der Waals surface area contributed by atoms with Gasteiger partial charge in [-0.3, -0.25) is 4.79 Å². The van der Waals surface area contributed by atoms with Gasteiger partial charge in [0, 0.05) is 15.6 Å². The molecule has 3 rings (SSSR count). The van der Waals surface area contributed by atoms with E-state index in [1.807, 2.05) is 0 Å². The van der Waals surface area contributed by atoms with Crippen LogP contribution in [0.1, 0.15) is 15.9 Å². The maximum absolute atomic E-state index is 13.6. The zero-order valence-electron chi connectivity index (χ0n) is 11.2. The summed E-state index contributed by atoms with van der Waals surface area (Å²) >= 11 is 3.17. The summed E-state index contributed by atoms with van der Waals surface area (Å²) in [7, 11) is 0. The van der Waals surface area contributed by atoms with Crippen LogP contribution < -0.4 is 14.9 Å². The second kappa shape index (κ2) is 6.15. The molecule has 0 unspecified atom stereocenters. The minimum atomic E-state index is -0.435. The summed E-state index contributed by atoms with van der Waals surface area (Å²) in [6.45, 7) is 0.140. The fourth-order valence-electron chi connectivity index (χ4n) is 1.87. The molecule has 0 saturated carbocycles.